The van der Waals surface area contributed by atoms with E-state index in [9.17, 15) is 4.79 Å². The Bertz CT molecular complexity index is 365. The van der Waals surface area contributed by atoms with Crippen molar-refractivity contribution in [3.05, 3.63) is 28.8 Å². The summed E-state index contributed by atoms with van der Waals surface area (Å²) in [5.74, 6) is 0.0239. The molecule has 1 rings (SSSR count). The third kappa shape index (κ3) is 3.72. The second kappa shape index (κ2) is 6.35. The molecular formula is C11H13ClO4. The van der Waals surface area contributed by atoms with Gasteiger partial charge in [0.05, 0.1) is 19.3 Å². The number of ether oxygens (including phenoxy) is 2. The maximum absolute atomic E-state index is 11.3. The van der Waals surface area contributed by atoms with Gasteiger partial charge in [0.15, 0.2) is 0 Å². The van der Waals surface area contributed by atoms with Gasteiger partial charge in [-0.05, 0) is 18.2 Å². The van der Waals surface area contributed by atoms with Crippen LogP contribution in [0.3, 0.4) is 0 Å². The van der Waals surface area contributed by atoms with Crippen molar-refractivity contribution in [2.75, 3.05) is 20.3 Å². The van der Waals surface area contributed by atoms with E-state index in [1.165, 1.54) is 13.2 Å². The summed E-state index contributed by atoms with van der Waals surface area (Å²) in [7, 11) is 1.30. The molecule has 1 N–H and O–H groups in total. The normalized spacial score (nSPS) is 9.94. The van der Waals surface area contributed by atoms with Crippen LogP contribution in [0.5, 0.6) is 5.75 Å². The molecule has 0 aliphatic carbocycles. The predicted molar refractivity (Wildman–Crippen MR) is 60.0 cm³/mol. The molecule has 0 saturated carbocycles. The molecule has 0 aromatic heterocycles. The van der Waals surface area contributed by atoms with Crippen molar-refractivity contribution in [1.82, 2.24) is 0 Å². The van der Waals surface area contributed by atoms with Gasteiger partial charge in [-0.15, -0.1) is 0 Å². The molecule has 1 aromatic carbocycles. The number of halogens is 1. The molecule has 0 bridgehead atoms. The number of methoxy groups -OCH3 is 1. The molecule has 0 fully saturated rings. The molecule has 0 heterocycles. The van der Waals surface area contributed by atoms with E-state index in [0.29, 0.717) is 29.4 Å². The van der Waals surface area contributed by atoms with Crippen LogP contribution < -0.4 is 4.74 Å². The zero-order chi connectivity index (χ0) is 12.0. The highest BCUT2D eigenvalue weighted by atomic mass is 35.5. The number of benzene rings is 1. The first-order valence-corrected chi connectivity index (χ1v) is 5.17. The van der Waals surface area contributed by atoms with Crippen molar-refractivity contribution < 1.29 is 19.4 Å². The molecule has 5 heteroatoms. The highest BCUT2D eigenvalue weighted by Crippen LogP contribution is 2.21. The number of carbonyl (C=O) groups excluding carboxylic acids is 1. The molecule has 0 atom stereocenters. The minimum atomic E-state index is -0.463. The highest BCUT2D eigenvalue weighted by molar-refractivity contribution is 6.31. The van der Waals surface area contributed by atoms with Crippen LogP contribution in [0.2, 0.25) is 5.02 Å². The van der Waals surface area contributed by atoms with Gasteiger partial charge in [0, 0.05) is 18.1 Å². The average molecular weight is 245 g/mol. The molecule has 16 heavy (non-hydrogen) atoms. The Morgan fingerprint density at radius 1 is 1.44 bits per heavy atom. The summed E-state index contributed by atoms with van der Waals surface area (Å²) >= 11 is 5.83. The zero-order valence-electron chi connectivity index (χ0n) is 8.90. The minimum absolute atomic E-state index is 0.0599. The van der Waals surface area contributed by atoms with Gasteiger partial charge in [-0.1, -0.05) is 11.6 Å². The van der Waals surface area contributed by atoms with Crippen molar-refractivity contribution in [2.24, 2.45) is 0 Å². The lowest BCUT2D eigenvalue weighted by Gasteiger charge is -2.07. The Labute approximate surface area is 98.7 Å². The number of aliphatic hydroxyl groups is 1. The number of esters is 1. The van der Waals surface area contributed by atoms with E-state index in [-0.39, 0.29) is 6.61 Å². The minimum Gasteiger partial charge on any atom is -0.493 e. The number of hydrogen-bond acceptors (Lipinski definition) is 4. The van der Waals surface area contributed by atoms with Gasteiger partial charge >= 0.3 is 5.97 Å². The van der Waals surface area contributed by atoms with Gasteiger partial charge in [-0.2, -0.15) is 0 Å². The van der Waals surface area contributed by atoms with Gasteiger partial charge < -0.3 is 14.6 Å². The predicted octanol–water partition coefficient (Wildman–Crippen LogP) is 1.89. The molecule has 0 spiro atoms. The molecular weight excluding hydrogens is 232 g/mol. The van der Waals surface area contributed by atoms with E-state index < -0.39 is 5.97 Å². The van der Waals surface area contributed by atoms with Gasteiger partial charge in [0.25, 0.3) is 0 Å². The Morgan fingerprint density at radius 3 is 2.81 bits per heavy atom. The Kier molecular flexibility index (Phi) is 5.08. The summed E-state index contributed by atoms with van der Waals surface area (Å²) < 4.78 is 9.89. The Hall–Kier alpha value is -1.26. The molecule has 0 amide bonds. The Morgan fingerprint density at radius 2 is 2.19 bits per heavy atom. The van der Waals surface area contributed by atoms with Crippen LogP contribution in [0.4, 0.5) is 0 Å². The second-order valence-electron chi connectivity index (χ2n) is 3.09. The van der Waals surface area contributed by atoms with Crippen LogP contribution in [-0.4, -0.2) is 31.4 Å². The first-order valence-electron chi connectivity index (χ1n) is 4.80. The molecule has 1 aromatic rings. The number of rotatable bonds is 5. The van der Waals surface area contributed by atoms with Crippen molar-refractivity contribution in [3.63, 3.8) is 0 Å². The van der Waals surface area contributed by atoms with Crippen molar-refractivity contribution >= 4 is 17.6 Å². The van der Waals surface area contributed by atoms with Crippen LogP contribution in [0.1, 0.15) is 16.8 Å². The third-order valence-electron chi connectivity index (χ3n) is 1.86. The van der Waals surface area contributed by atoms with Crippen LogP contribution in [-0.2, 0) is 4.74 Å². The van der Waals surface area contributed by atoms with Gasteiger partial charge in [0.2, 0.25) is 0 Å². The summed E-state index contributed by atoms with van der Waals surface area (Å²) in [6, 6.07) is 4.66. The molecule has 88 valence electrons. The summed E-state index contributed by atoms with van der Waals surface area (Å²) in [4.78, 5) is 11.3. The summed E-state index contributed by atoms with van der Waals surface area (Å²) in [5.41, 5.74) is 0.342. The van der Waals surface area contributed by atoms with Gasteiger partial charge in [0.1, 0.15) is 5.75 Å². The molecule has 0 aliphatic rings. The standard InChI is InChI=1S/C11H13ClO4/c1-15-11(14)8-5-9(12)7-10(6-8)16-4-2-3-13/h5-7,13H,2-4H2,1H3. The fourth-order valence-corrected chi connectivity index (χ4v) is 1.36. The van der Waals surface area contributed by atoms with Crippen molar-refractivity contribution in [2.45, 2.75) is 6.42 Å². The molecule has 0 saturated heterocycles. The van der Waals surface area contributed by atoms with Gasteiger partial charge in [-0.25, -0.2) is 4.79 Å². The maximum Gasteiger partial charge on any atom is 0.338 e. The van der Waals surface area contributed by atoms with E-state index in [1.54, 1.807) is 12.1 Å². The first kappa shape index (κ1) is 12.8. The van der Waals surface area contributed by atoms with E-state index in [2.05, 4.69) is 4.74 Å². The Balaban J connectivity index is 2.77. The summed E-state index contributed by atoms with van der Waals surface area (Å²) in [5, 5.41) is 9.00. The second-order valence-corrected chi connectivity index (χ2v) is 3.53. The van der Waals surface area contributed by atoms with E-state index in [4.69, 9.17) is 21.4 Å². The number of hydrogen-bond donors (Lipinski definition) is 1. The van der Waals surface area contributed by atoms with E-state index in [1.807, 2.05) is 0 Å². The monoisotopic (exact) mass is 244 g/mol. The summed E-state index contributed by atoms with van der Waals surface area (Å²) in [6.07, 6.45) is 0.528. The molecule has 0 aliphatic heterocycles. The third-order valence-corrected chi connectivity index (χ3v) is 2.08. The quantitative estimate of drug-likeness (QED) is 0.635. The summed E-state index contributed by atoms with van der Waals surface area (Å²) in [6.45, 7) is 0.432. The lowest BCUT2D eigenvalue weighted by Crippen LogP contribution is -2.03. The molecule has 0 unspecified atom stereocenters. The van der Waals surface area contributed by atoms with E-state index >= 15 is 0 Å². The molecule has 0 radical (unpaired) electrons. The lowest BCUT2D eigenvalue weighted by molar-refractivity contribution is 0.0600. The average Bonchev–Trinajstić information content (AvgIpc) is 2.27. The van der Waals surface area contributed by atoms with Gasteiger partial charge in [-0.3, -0.25) is 0 Å². The SMILES string of the molecule is COC(=O)c1cc(Cl)cc(OCCCO)c1. The number of carbonyl (C=O) groups is 1. The van der Waals surface area contributed by atoms with Crippen LogP contribution in [0, 0.1) is 0 Å². The first-order chi connectivity index (χ1) is 7.67. The lowest BCUT2D eigenvalue weighted by atomic mass is 10.2. The van der Waals surface area contributed by atoms with Crippen LogP contribution >= 0.6 is 11.6 Å². The highest BCUT2D eigenvalue weighted by Gasteiger charge is 2.08. The van der Waals surface area contributed by atoms with Crippen molar-refractivity contribution in [3.8, 4) is 5.75 Å². The largest absolute Gasteiger partial charge is 0.493 e. The smallest absolute Gasteiger partial charge is 0.338 e. The fraction of sp³-hybridized carbons (Fsp3) is 0.364. The number of aliphatic hydroxyl groups excluding tert-OH is 1. The van der Waals surface area contributed by atoms with Crippen LogP contribution in [0.25, 0.3) is 0 Å². The van der Waals surface area contributed by atoms with Crippen LogP contribution in [0.15, 0.2) is 18.2 Å². The topological polar surface area (TPSA) is 55.8 Å². The zero-order valence-corrected chi connectivity index (χ0v) is 9.66. The van der Waals surface area contributed by atoms with Crippen molar-refractivity contribution in [1.29, 1.82) is 0 Å². The van der Waals surface area contributed by atoms with E-state index in [0.717, 1.165) is 0 Å². The molecule has 4 nitrogen and oxygen atoms in total. The fourth-order valence-electron chi connectivity index (χ4n) is 1.14. The maximum atomic E-state index is 11.3.